The van der Waals surface area contributed by atoms with Gasteiger partial charge in [-0.2, -0.15) is 0 Å². The zero-order valence-corrected chi connectivity index (χ0v) is 11.8. The van der Waals surface area contributed by atoms with Crippen molar-refractivity contribution in [2.45, 2.75) is 40.5 Å². The van der Waals surface area contributed by atoms with Crippen molar-refractivity contribution in [3.8, 4) is 5.75 Å². The van der Waals surface area contributed by atoms with E-state index in [4.69, 9.17) is 4.74 Å². The summed E-state index contributed by atoms with van der Waals surface area (Å²) in [4.78, 5) is 11.6. The summed E-state index contributed by atoms with van der Waals surface area (Å²) in [6.45, 7) is 8.98. The number of benzene rings is 1. The van der Waals surface area contributed by atoms with Crippen LogP contribution in [0.4, 0.5) is 0 Å². The molecule has 1 rings (SSSR count). The lowest BCUT2D eigenvalue weighted by atomic mass is 10.1. The molecule has 18 heavy (non-hydrogen) atoms. The average Bonchev–Trinajstić information content (AvgIpc) is 2.34. The topological polar surface area (TPSA) is 38.3 Å². The maximum Gasteiger partial charge on any atom is 0.257 e. The van der Waals surface area contributed by atoms with E-state index < -0.39 is 0 Å². The molecule has 0 radical (unpaired) electrons. The lowest BCUT2D eigenvalue weighted by molar-refractivity contribution is -0.123. The summed E-state index contributed by atoms with van der Waals surface area (Å²) in [6, 6.07) is 4.09. The van der Waals surface area contributed by atoms with Crippen molar-refractivity contribution >= 4 is 5.91 Å². The second kappa shape index (κ2) is 7.04. The van der Waals surface area contributed by atoms with Gasteiger partial charge in [-0.15, -0.1) is 0 Å². The molecule has 3 heteroatoms. The molecule has 0 heterocycles. The first-order valence-electron chi connectivity index (χ1n) is 6.52. The zero-order chi connectivity index (χ0) is 13.5. The lowest BCUT2D eigenvalue weighted by Gasteiger charge is -2.13. The van der Waals surface area contributed by atoms with Gasteiger partial charge in [0.15, 0.2) is 6.61 Å². The van der Waals surface area contributed by atoms with Gasteiger partial charge in [-0.3, -0.25) is 4.79 Å². The first-order chi connectivity index (χ1) is 8.56. The number of amides is 1. The molecule has 0 aromatic heterocycles. The Morgan fingerprint density at radius 1 is 1.22 bits per heavy atom. The molecule has 0 saturated heterocycles. The van der Waals surface area contributed by atoms with Crippen LogP contribution in [0.25, 0.3) is 0 Å². The van der Waals surface area contributed by atoms with E-state index in [0.717, 1.165) is 36.3 Å². The molecule has 0 atom stereocenters. The number of aryl methyl sites for hydroxylation is 2. The standard InChI is InChI=1S/C15H23NO2/c1-5-6-9-16-14(17)10-18-15-12(3)8-7-11(2)13(15)4/h7-8H,5-6,9-10H2,1-4H3,(H,16,17). The number of carbonyl (C=O) groups is 1. The van der Waals surface area contributed by atoms with Crippen molar-refractivity contribution in [3.05, 3.63) is 28.8 Å². The van der Waals surface area contributed by atoms with E-state index in [1.165, 1.54) is 5.56 Å². The highest BCUT2D eigenvalue weighted by Crippen LogP contribution is 2.25. The average molecular weight is 249 g/mol. The van der Waals surface area contributed by atoms with Gasteiger partial charge in [0.1, 0.15) is 5.75 Å². The molecular weight excluding hydrogens is 226 g/mol. The third kappa shape index (κ3) is 4.06. The van der Waals surface area contributed by atoms with E-state index in [1.54, 1.807) is 0 Å². The number of ether oxygens (including phenoxy) is 1. The SMILES string of the molecule is CCCCNC(=O)COc1c(C)ccc(C)c1C. The van der Waals surface area contributed by atoms with Gasteiger partial charge in [0, 0.05) is 6.54 Å². The van der Waals surface area contributed by atoms with Crippen molar-refractivity contribution in [1.82, 2.24) is 5.32 Å². The molecule has 0 saturated carbocycles. The van der Waals surface area contributed by atoms with Gasteiger partial charge >= 0.3 is 0 Å². The van der Waals surface area contributed by atoms with Crippen LogP contribution < -0.4 is 10.1 Å². The van der Waals surface area contributed by atoms with Crippen LogP contribution in [0.2, 0.25) is 0 Å². The molecule has 0 fully saturated rings. The highest BCUT2D eigenvalue weighted by Gasteiger charge is 2.08. The van der Waals surface area contributed by atoms with Crippen LogP contribution in [-0.2, 0) is 4.79 Å². The summed E-state index contributed by atoms with van der Waals surface area (Å²) in [5, 5.41) is 2.84. The van der Waals surface area contributed by atoms with E-state index in [9.17, 15) is 4.79 Å². The highest BCUT2D eigenvalue weighted by molar-refractivity contribution is 5.77. The lowest BCUT2D eigenvalue weighted by Crippen LogP contribution is -2.29. The number of nitrogens with one attached hydrogen (secondary N) is 1. The van der Waals surface area contributed by atoms with Crippen molar-refractivity contribution in [1.29, 1.82) is 0 Å². The van der Waals surface area contributed by atoms with Crippen LogP contribution in [0.5, 0.6) is 5.75 Å². The molecule has 0 aliphatic heterocycles. The predicted octanol–water partition coefficient (Wildman–Crippen LogP) is 2.91. The largest absolute Gasteiger partial charge is 0.483 e. The van der Waals surface area contributed by atoms with Gasteiger partial charge in [-0.1, -0.05) is 25.5 Å². The monoisotopic (exact) mass is 249 g/mol. The van der Waals surface area contributed by atoms with Gasteiger partial charge in [0.2, 0.25) is 0 Å². The molecule has 1 N–H and O–H groups in total. The van der Waals surface area contributed by atoms with Crippen LogP contribution in [0.3, 0.4) is 0 Å². The van der Waals surface area contributed by atoms with E-state index >= 15 is 0 Å². The summed E-state index contributed by atoms with van der Waals surface area (Å²) >= 11 is 0. The number of rotatable bonds is 6. The van der Waals surface area contributed by atoms with Gasteiger partial charge in [0.25, 0.3) is 5.91 Å². The van der Waals surface area contributed by atoms with Crippen molar-refractivity contribution in [2.24, 2.45) is 0 Å². The van der Waals surface area contributed by atoms with Gasteiger partial charge < -0.3 is 10.1 Å². The molecule has 1 aromatic rings. The van der Waals surface area contributed by atoms with Gasteiger partial charge in [-0.05, 0) is 43.9 Å². The molecular formula is C15H23NO2. The summed E-state index contributed by atoms with van der Waals surface area (Å²) in [6.07, 6.45) is 2.09. The van der Waals surface area contributed by atoms with Crippen molar-refractivity contribution < 1.29 is 9.53 Å². The molecule has 1 aromatic carbocycles. The van der Waals surface area contributed by atoms with Crippen LogP contribution in [0, 0.1) is 20.8 Å². The number of unbranched alkanes of at least 4 members (excludes halogenated alkanes) is 1. The fraction of sp³-hybridized carbons (Fsp3) is 0.533. The highest BCUT2D eigenvalue weighted by atomic mass is 16.5. The van der Waals surface area contributed by atoms with Gasteiger partial charge in [-0.25, -0.2) is 0 Å². The summed E-state index contributed by atoms with van der Waals surface area (Å²) in [5.74, 6) is 0.782. The molecule has 0 spiro atoms. The third-order valence-corrected chi connectivity index (χ3v) is 3.07. The maximum atomic E-state index is 11.6. The zero-order valence-electron chi connectivity index (χ0n) is 11.8. The Hall–Kier alpha value is -1.51. The van der Waals surface area contributed by atoms with Crippen LogP contribution in [-0.4, -0.2) is 19.1 Å². The molecule has 0 aliphatic rings. The second-order valence-corrected chi connectivity index (χ2v) is 4.65. The fourth-order valence-electron chi connectivity index (χ4n) is 1.74. The quantitative estimate of drug-likeness (QED) is 0.787. The summed E-state index contributed by atoms with van der Waals surface area (Å²) in [7, 11) is 0. The minimum Gasteiger partial charge on any atom is -0.483 e. The molecule has 0 bridgehead atoms. The minimum absolute atomic E-state index is 0.0521. The van der Waals surface area contributed by atoms with E-state index in [1.807, 2.05) is 26.8 Å². The molecule has 0 aliphatic carbocycles. The summed E-state index contributed by atoms with van der Waals surface area (Å²) < 4.78 is 5.63. The summed E-state index contributed by atoms with van der Waals surface area (Å²) in [5.41, 5.74) is 3.36. The fourth-order valence-corrected chi connectivity index (χ4v) is 1.74. The van der Waals surface area contributed by atoms with Crippen LogP contribution in [0.15, 0.2) is 12.1 Å². The Kier molecular flexibility index (Phi) is 5.69. The molecule has 3 nitrogen and oxygen atoms in total. The first-order valence-corrected chi connectivity index (χ1v) is 6.52. The Bertz CT molecular complexity index is 413. The Morgan fingerprint density at radius 2 is 1.89 bits per heavy atom. The Morgan fingerprint density at radius 3 is 2.56 bits per heavy atom. The Labute approximate surface area is 110 Å². The van der Waals surface area contributed by atoms with Gasteiger partial charge in [0.05, 0.1) is 0 Å². The minimum atomic E-state index is -0.0521. The van der Waals surface area contributed by atoms with E-state index in [0.29, 0.717) is 0 Å². The number of hydrogen-bond acceptors (Lipinski definition) is 2. The number of hydrogen-bond donors (Lipinski definition) is 1. The molecule has 1 amide bonds. The van der Waals surface area contributed by atoms with E-state index in [-0.39, 0.29) is 12.5 Å². The normalized spacial score (nSPS) is 10.2. The van der Waals surface area contributed by atoms with Crippen molar-refractivity contribution in [3.63, 3.8) is 0 Å². The second-order valence-electron chi connectivity index (χ2n) is 4.65. The number of carbonyl (C=O) groups excluding carboxylic acids is 1. The molecule has 0 unspecified atom stereocenters. The first kappa shape index (κ1) is 14.6. The predicted molar refractivity (Wildman–Crippen MR) is 74.1 cm³/mol. The Balaban J connectivity index is 2.53. The van der Waals surface area contributed by atoms with Crippen molar-refractivity contribution in [2.75, 3.05) is 13.2 Å². The maximum absolute atomic E-state index is 11.6. The smallest absolute Gasteiger partial charge is 0.257 e. The van der Waals surface area contributed by atoms with E-state index in [2.05, 4.69) is 18.3 Å². The molecule has 100 valence electrons. The van der Waals surface area contributed by atoms with Crippen LogP contribution in [0.1, 0.15) is 36.5 Å². The third-order valence-electron chi connectivity index (χ3n) is 3.07. The van der Waals surface area contributed by atoms with Crippen LogP contribution >= 0.6 is 0 Å².